The fraction of sp³-hybridized carbons (Fsp3) is 0.667. The van der Waals surface area contributed by atoms with E-state index in [1.54, 1.807) is 13.8 Å². The minimum Gasteiger partial charge on any atom is -0.481 e. The maximum absolute atomic E-state index is 11.6. The summed E-state index contributed by atoms with van der Waals surface area (Å²) in [7, 11) is 0. The lowest BCUT2D eigenvalue weighted by atomic mass is 10.0. The van der Waals surface area contributed by atoms with Crippen LogP contribution in [0.1, 0.15) is 33.6 Å². The minimum absolute atomic E-state index is 0.138. The highest BCUT2D eigenvalue weighted by Gasteiger charge is 2.24. The molecule has 8 heteroatoms. The number of rotatable bonds is 8. The molecule has 0 aliphatic rings. The van der Waals surface area contributed by atoms with Crippen molar-refractivity contribution >= 4 is 23.8 Å². The number of aliphatic carboxylic acids is 2. The fourth-order valence-corrected chi connectivity index (χ4v) is 1.60. The summed E-state index contributed by atoms with van der Waals surface area (Å²) in [6.07, 6.45) is -0.609. The predicted molar refractivity (Wildman–Crippen MR) is 69.3 cm³/mol. The van der Waals surface area contributed by atoms with Crippen LogP contribution in [0.15, 0.2) is 0 Å². The number of hydrogen-bond acceptors (Lipinski definition) is 4. The number of nitrogens with one attached hydrogen (secondary N) is 2. The van der Waals surface area contributed by atoms with Crippen LogP contribution in [0.4, 0.5) is 4.79 Å². The molecule has 0 unspecified atom stereocenters. The Labute approximate surface area is 116 Å². The standard InChI is InChI=1S/C12H20N2O6/c1-6(2)10(7(3)15)14-12(20)13-8(11(18)19)4-5-9(16)17/h6,8,10H,4-5H2,1-3H3,(H,16,17)(H,18,19)(H2,13,14,20)/t8-,10-/m0/s1. The number of carbonyl (C=O) groups is 4. The van der Waals surface area contributed by atoms with E-state index in [0.29, 0.717) is 0 Å². The van der Waals surface area contributed by atoms with Crippen LogP contribution < -0.4 is 10.6 Å². The first-order valence-corrected chi connectivity index (χ1v) is 6.17. The molecule has 0 saturated heterocycles. The third kappa shape index (κ3) is 6.72. The zero-order valence-corrected chi connectivity index (χ0v) is 11.7. The van der Waals surface area contributed by atoms with E-state index in [2.05, 4.69) is 10.6 Å². The van der Waals surface area contributed by atoms with E-state index in [1.807, 2.05) is 0 Å². The lowest BCUT2D eigenvalue weighted by Gasteiger charge is -2.21. The summed E-state index contributed by atoms with van der Waals surface area (Å²) in [6, 6.07) is -2.84. The highest BCUT2D eigenvalue weighted by atomic mass is 16.4. The van der Waals surface area contributed by atoms with Crippen molar-refractivity contribution in [1.29, 1.82) is 0 Å². The molecule has 0 aromatic carbocycles. The molecule has 0 aromatic heterocycles. The van der Waals surface area contributed by atoms with Crippen LogP contribution in [0, 0.1) is 5.92 Å². The molecule has 0 aliphatic heterocycles. The van der Waals surface area contributed by atoms with E-state index in [9.17, 15) is 19.2 Å². The van der Waals surface area contributed by atoms with Crippen LogP contribution in [-0.4, -0.2) is 46.0 Å². The van der Waals surface area contributed by atoms with Gasteiger partial charge in [0.1, 0.15) is 6.04 Å². The molecule has 0 radical (unpaired) electrons. The van der Waals surface area contributed by atoms with Gasteiger partial charge in [-0.25, -0.2) is 9.59 Å². The Balaban J connectivity index is 4.56. The molecule has 4 N–H and O–H groups in total. The van der Waals surface area contributed by atoms with Crippen molar-refractivity contribution in [1.82, 2.24) is 10.6 Å². The molecule has 0 spiro atoms. The highest BCUT2D eigenvalue weighted by Crippen LogP contribution is 2.03. The summed E-state index contributed by atoms with van der Waals surface area (Å²) in [5.41, 5.74) is 0. The molecule has 0 heterocycles. The van der Waals surface area contributed by atoms with Gasteiger partial charge in [-0.2, -0.15) is 0 Å². The Morgan fingerprint density at radius 3 is 1.95 bits per heavy atom. The molecule has 0 aliphatic carbocycles. The van der Waals surface area contributed by atoms with Gasteiger partial charge in [0.05, 0.1) is 6.04 Å². The molecule has 0 bridgehead atoms. The normalized spacial score (nSPS) is 13.4. The summed E-state index contributed by atoms with van der Waals surface area (Å²) in [5, 5.41) is 21.9. The number of carboxylic acids is 2. The first-order valence-electron chi connectivity index (χ1n) is 6.17. The third-order valence-corrected chi connectivity index (χ3v) is 2.64. The van der Waals surface area contributed by atoms with Gasteiger partial charge in [-0.05, 0) is 19.3 Å². The summed E-state index contributed by atoms with van der Waals surface area (Å²) in [6.45, 7) is 4.81. The number of carbonyl (C=O) groups excluding carboxylic acids is 2. The zero-order chi connectivity index (χ0) is 15.9. The van der Waals surface area contributed by atoms with Crippen molar-refractivity contribution in [3.8, 4) is 0 Å². The van der Waals surface area contributed by atoms with Gasteiger partial charge < -0.3 is 20.8 Å². The van der Waals surface area contributed by atoms with E-state index in [4.69, 9.17) is 10.2 Å². The van der Waals surface area contributed by atoms with Crippen LogP contribution >= 0.6 is 0 Å². The number of Topliss-reactive ketones (excluding diaryl/α,β-unsaturated/α-hetero) is 1. The van der Waals surface area contributed by atoms with Crippen LogP contribution in [-0.2, 0) is 14.4 Å². The first-order chi connectivity index (χ1) is 9.15. The highest BCUT2D eigenvalue weighted by molar-refractivity contribution is 5.88. The predicted octanol–water partition coefficient (Wildman–Crippen LogP) is 0.217. The monoisotopic (exact) mass is 288 g/mol. The molecule has 0 aromatic rings. The molecule has 2 atom stereocenters. The topological polar surface area (TPSA) is 133 Å². The lowest BCUT2D eigenvalue weighted by Crippen LogP contribution is -2.52. The van der Waals surface area contributed by atoms with Gasteiger partial charge in [0.15, 0.2) is 5.78 Å². The molecule has 114 valence electrons. The van der Waals surface area contributed by atoms with Gasteiger partial charge in [0.25, 0.3) is 0 Å². The van der Waals surface area contributed by atoms with Gasteiger partial charge in [-0.3, -0.25) is 9.59 Å². The zero-order valence-electron chi connectivity index (χ0n) is 11.7. The van der Waals surface area contributed by atoms with E-state index >= 15 is 0 Å². The number of carboxylic acid groups (broad SMARTS) is 2. The summed E-state index contributed by atoms with van der Waals surface area (Å²) >= 11 is 0. The van der Waals surface area contributed by atoms with Crippen molar-refractivity contribution in [3.05, 3.63) is 0 Å². The van der Waals surface area contributed by atoms with Crippen LogP contribution in [0.2, 0.25) is 0 Å². The second-order valence-electron chi connectivity index (χ2n) is 4.77. The Morgan fingerprint density at radius 1 is 1.05 bits per heavy atom. The number of amides is 2. The number of hydrogen-bond donors (Lipinski definition) is 4. The third-order valence-electron chi connectivity index (χ3n) is 2.64. The second-order valence-corrected chi connectivity index (χ2v) is 4.77. The smallest absolute Gasteiger partial charge is 0.326 e. The van der Waals surface area contributed by atoms with E-state index < -0.39 is 30.1 Å². The average Bonchev–Trinajstić information content (AvgIpc) is 2.29. The summed E-state index contributed by atoms with van der Waals surface area (Å²) in [5.74, 6) is -2.86. The van der Waals surface area contributed by atoms with Crippen molar-refractivity contribution in [2.45, 2.75) is 45.7 Å². The summed E-state index contributed by atoms with van der Waals surface area (Å²) < 4.78 is 0. The molecular weight excluding hydrogens is 268 g/mol. The first kappa shape index (κ1) is 17.9. The Bertz CT molecular complexity index is 393. The van der Waals surface area contributed by atoms with Crippen molar-refractivity contribution in [3.63, 3.8) is 0 Å². The van der Waals surface area contributed by atoms with Gasteiger partial charge in [0.2, 0.25) is 0 Å². The largest absolute Gasteiger partial charge is 0.481 e. The minimum atomic E-state index is -1.33. The van der Waals surface area contributed by atoms with Crippen LogP contribution in [0.25, 0.3) is 0 Å². The number of urea groups is 1. The Kier molecular flexibility index (Phi) is 7.27. The lowest BCUT2D eigenvalue weighted by molar-refractivity contribution is -0.140. The molecule has 0 fully saturated rings. The second kappa shape index (κ2) is 8.13. The van der Waals surface area contributed by atoms with Gasteiger partial charge in [-0.15, -0.1) is 0 Å². The summed E-state index contributed by atoms with van der Waals surface area (Å²) in [4.78, 5) is 44.3. The maximum Gasteiger partial charge on any atom is 0.326 e. The van der Waals surface area contributed by atoms with Crippen molar-refractivity contribution in [2.24, 2.45) is 5.92 Å². The molecule has 20 heavy (non-hydrogen) atoms. The molecular formula is C12H20N2O6. The number of ketones is 1. The van der Waals surface area contributed by atoms with Crippen molar-refractivity contribution < 1.29 is 29.4 Å². The van der Waals surface area contributed by atoms with E-state index in [-0.39, 0.29) is 24.5 Å². The molecule has 0 rings (SSSR count). The molecule has 8 nitrogen and oxygen atoms in total. The van der Waals surface area contributed by atoms with Gasteiger partial charge in [0, 0.05) is 6.42 Å². The SMILES string of the molecule is CC(=O)[C@@H](NC(=O)N[C@@H](CCC(=O)O)C(=O)O)C(C)C. The quantitative estimate of drug-likeness (QED) is 0.505. The fourth-order valence-electron chi connectivity index (χ4n) is 1.60. The van der Waals surface area contributed by atoms with E-state index in [0.717, 1.165) is 0 Å². The van der Waals surface area contributed by atoms with Crippen LogP contribution in [0.3, 0.4) is 0 Å². The Hall–Kier alpha value is -2.12. The molecule has 0 saturated carbocycles. The maximum atomic E-state index is 11.6. The van der Waals surface area contributed by atoms with Gasteiger partial charge >= 0.3 is 18.0 Å². The Morgan fingerprint density at radius 2 is 1.60 bits per heavy atom. The molecule has 2 amide bonds. The van der Waals surface area contributed by atoms with Gasteiger partial charge in [-0.1, -0.05) is 13.8 Å². The van der Waals surface area contributed by atoms with Crippen molar-refractivity contribution in [2.75, 3.05) is 0 Å². The van der Waals surface area contributed by atoms with Crippen LogP contribution in [0.5, 0.6) is 0 Å². The average molecular weight is 288 g/mol. The van der Waals surface area contributed by atoms with E-state index in [1.165, 1.54) is 6.92 Å².